The number of piperidine rings is 1. The molecule has 1 saturated heterocycles. The van der Waals surface area contributed by atoms with Gasteiger partial charge in [-0.05, 0) is 60.4 Å². The van der Waals surface area contributed by atoms with E-state index in [0.717, 1.165) is 29.8 Å². The highest BCUT2D eigenvalue weighted by atomic mass is 35.5. The zero-order valence-corrected chi connectivity index (χ0v) is 21.1. The van der Waals surface area contributed by atoms with Gasteiger partial charge in [0.1, 0.15) is 11.6 Å². The third-order valence-corrected chi connectivity index (χ3v) is 7.76. The maximum Gasteiger partial charge on any atom is 0.223 e. The van der Waals surface area contributed by atoms with Gasteiger partial charge >= 0.3 is 0 Å². The summed E-state index contributed by atoms with van der Waals surface area (Å²) in [5.41, 5.74) is 2.60. The molecule has 35 heavy (non-hydrogen) atoms. The van der Waals surface area contributed by atoms with Crippen molar-refractivity contribution in [1.29, 1.82) is 0 Å². The summed E-state index contributed by atoms with van der Waals surface area (Å²) in [6, 6.07) is 11.0. The van der Waals surface area contributed by atoms with E-state index in [1.165, 1.54) is 0 Å². The number of rotatable bonds is 6. The first-order valence-electron chi connectivity index (χ1n) is 11.9. The molecule has 1 aliphatic carbocycles. The fourth-order valence-electron chi connectivity index (χ4n) is 5.27. The predicted molar refractivity (Wildman–Crippen MR) is 136 cm³/mol. The molecule has 1 atom stereocenters. The van der Waals surface area contributed by atoms with Crippen LogP contribution in [0.3, 0.4) is 0 Å². The van der Waals surface area contributed by atoms with Crippen LogP contribution in [0.4, 0.5) is 0 Å². The van der Waals surface area contributed by atoms with Crippen LogP contribution < -0.4 is 4.74 Å². The zero-order valence-electron chi connectivity index (χ0n) is 19.5. The Morgan fingerprint density at radius 2 is 1.94 bits per heavy atom. The smallest absolute Gasteiger partial charge is 0.223 e. The van der Waals surface area contributed by atoms with Crippen molar-refractivity contribution in [3.05, 3.63) is 81.4 Å². The molecule has 1 fully saturated rings. The molecule has 1 unspecified atom stereocenters. The van der Waals surface area contributed by atoms with E-state index >= 15 is 0 Å². The Labute approximate surface area is 214 Å². The number of hydrogen-bond acceptors (Lipinski definition) is 4. The molecule has 0 N–H and O–H groups in total. The number of fused-ring (bicyclic) bond motifs is 1. The Morgan fingerprint density at radius 3 is 2.71 bits per heavy atom. The quantitative estimate of drug-likeness (QED) is 0.424. The van der Waals surface area contributed by atoms with Gasteiger partial charge in [0.2, 0.25) is 5.91 Å². The average molecular weight is 512 g/mol. The molecule has 2 heterocycles. The number of benzene rings is 2. The van der Waals surface area contributed by atoms with Crippen molar-refractivity contribution in [1.82, 2.24) is 14.5 Å². The minimum absolute atomic E-state index is 0.0841. The number of hydrogen-bond donors (Lipinski definition) is 0. The topological polar surface area (TPSA) is 64.4 Å². The normalized spacial score (nSPS) is 18.1. The first-order valence-corrected chi connectivity index (χ1v) is 12.6. The number of carbonyl (C=O) groups excluding carboxylic acids is 2. The fourth-order valence-corrected chi connectivity index (χ4v) is 5.65. The average Bonchev–Trinajstić information content (AvgIpc) is 3.45. The van der Waals surface area contributed by atoms with Crippen LogP contribution in [0, 0.1) is 0 Å². The van der Waals surface area contributed by atoms with Crippen LogP contribution >= 0.6 is 23.2 Å². The second-order valence-corrected chi connectivity index (χ2v) is 10.1. The third-order valence-electron chi connectivity index (χ3n) is 7.16. The van der Waals surface area contributed by atoms with Crippen molar-refractivity contribution >= 4 is 34.9 Å². The summed E-state index contributed by atoms with van der Waals surface area (Å²) in [6.07, 6.45) is 6.20. The lowest BCUT2D eigenvalue weighted by molar-refractivity contribution is -0.132. The number of ether oxygens (including phenoxy) is 1. The summed E-state index contributed by atoms with van der Waals surface area (Å²) in [5, 5.41) is 1.34. The molecule has 8 heteroatoms. The lowest BCUT2D eigenvalue weighted by Crippen LogP contribution is -2.38. The van der Waals surface area contributed by atoms with Gasteiger partial charge in [-0.1, -0.05) is 23.2 Å². The molecular formula is C27H27Cl2N3O3. The summed E-state index contributed by atoms with van der Waals surface area (Å²) in [4.78, 5) is 32.1. The van der Waals surface area contributed by atoms with Crippen LogP contribution in [0.25, 0.3) is 0 Å². The molecule has 2 aromatic carbocycles. The second kappa shape index (κ2) is 10.0. The summed E-state index contributed by atoms with van der Waals surface area (Å²) < 4.78 is 7.44. The van der Waals surface area contributed by atoms with E-state index in [1.54, 1.807) is 19.2 Å². The van der Waals surface area contributed by atoms with Crippen molar-refractivity contribution in [2.45, 2.75) is 44.1 Å². The SMILES string of the molecule is COc1ccc2c(c1)C(CC(=O)N1CCC(c3nccn3Cc3cc(Cl)ccc3Cl)CC1)CC2=O. The Bertz CT molecular complexity index is 1260. The Hall–Kier alpha value is -2.83. The van der Waals surface area contributed by atoms with Crippen LogP contribution in [0.15, 0.2) is 48.8 Å². The second-order valence-electron chi connectivity index (χ2n) is 9.29. The number of nitrogens with zero attached hydrogens (tertiary/aromatic N) is 3. The largest absolute Gasteiger partial charge is 0.497 e. The summed E-state index contributed by atoms with van der Waals surface area (Å²) in [7, 11) is 1.61. The molecule has 0 spiro atoms. The van der Waals surface area contributed by atoms with E-state index in [-0.39, 0.29) is 23.5 Å². The van der Waals surface area contributed by atoms with E-state index in [4.69, 9.17) is 27.9 Å². The van der Waals surface area contributed by atoms with Gasteiger partial charge in [-0.3, -0.25) is 9.59 Å². The third kappa shape index (κ3) is 4.95. The molecule has 0 saturated carbocycles. The Kier molecular flexibility index (Phi) is 6.85. The van der Waals surface area contributed by atoms with E-state index in [9.17, 15) is 9.59 Å². The van der Waals surface area contributed by atoms with Crippen LogP contribution in [0.2, 0.25) is 10.0 Å². The van der Waals surface area contributed by atoms with E-state index in [1.807, 2.05) is 41.6 Å². The van der Waals surface area contributed by atoms with Gasteiger partial charge in [0.25, 0.3) is 0 Å². The van der Waals surface area contributed by atoms with Gasteiger partial charge in [0.05, 0.1) is 13.7 Å². The van der Waals surface area contributed by atoms with Crippen molar-refractivity contribution < 1.29 is 14.3 Å². The number of carbonyl (C=O) groups is 2. The molecule has 6 nitrogen and oxygen atoms in total. The standard InChI is InChI=1S/C27H27Cl2N3O3/c1-35-21-3-4-22-23(15-21)18(13-25(22)33)14-26(34)31-9-6-17(7-10-31)27-30-8-11-32(27)16-19-12-20(28)2-5-24(19)29/h2-5,8,11-12,15,17-18H,6-7,9-10,13-14,16H2,1H3. The van der Waals surface area contributed by atoms with Crippen LogP contribution in [0.5, 0.6) is 5.75 Å². The number of ketones is 1. The molecule has 0 bridgehead atoms. The van der Waals surface area contributed by atoms with Gasteiger partial charge < -0.3 is 14.2 Å². The minimum Gasteiger partial charge on any atom is -0.497 e. The molecule has 182 valence electrons. The predicted octanol–water partition coefficient (Wildman–Crippen LogP) is 5.71. The van der Waals surface area contributed by atoms with E-state index < -0.39 is 0 Å². The van der Waals surface area contributed by atoms with Gasteiger partial charge in [-0.2, -0.15) is 0 Å². The summed E-state index contributed by atoms with van der Waals surface area (Å²) >= 11 is 12.5. The molecule has 3 aromatic rings. The van der Waals surface area contributed by atoms with Gasteiger partial charge in [0, 0.05) is 65.8 Å². The van der Waals surface area contributed by atoms with Crippen LogP contribution in [-0.4, -0.2) is 46.3 Å². The number of likely N-dealkylation sites (tertiary alicyclic amines) is 1. The number of imidazole rings is 1. The monoisotopic (exact) mass is 511 g/mol. The molecule has 1 amide bonds. The van der Waals surface area contributed by atoms with Crippen molar-refractivity contribution in [3.8, 4) is 5.75 Å². The molecular weight excluding hydrogens is 485 g/mol. The number of Topliss-reactive ketones (excluding diaryl/α,β-unsaturated/α-hetero) is 1. The number of methoxy groups -OCH3 is 1. The maximum atomic E-state index is 13.1. The maximum absolute atomic E-state index is 13.1. The molecule has 0 radical (unpaired) electrons. The molecule has 5 rings (SSSR count). The van der Waals surface area contributed by atoms with Crippen LogP contribution in [-0.2, 0) is 11.3 Å². The van der Waals surface area contributed by atoms with Crippen molar-refractivity contribution in [2.24, 2.45) is 0 Å². The Morgan fingerprint density at radius 1 is 1.14 bits per heavy atom. The Balaban J connectivity index is 1.21. The lowest BCUT2D eigenvalue weighted by atomic mass is 9.93. The van der Waals surface area contributed by atoms with E-state index in [0.29, 0.717) is 53.8 Å². The highest BCUT2D eigenvalue weighted by molar-refractivity contribution is 6.33. The minimum atomic E-state index is -0.0841. The van der Waals surface area contributed by atoms with E-state index in [2.05, 4.69) is 9.55 Å². The molecule has 2 aliphatic rings. The van der Waals surface area contributed by atoms with Crippen molar-refractivity contribution in [3.63, 3.8) is 0 Å². The fraction of sp³-hybridized carbons (Fsp3) is 0.370. The van der Waals surface area contributed by atoms with Crippen molar-refractivity contribution in [2.75, 3.05) is 20.2 Å². The molecule has 1 aliphatic heterocycles. The van der Waals surface area contributed by atoms with Crippen LogP contribution in [0.1, 0.15) is 64.8 Å². The number of aromatic nitrogens is 2. The first-order chi connectivity index (χ1) is 16.9. The number of halogens is 2. The summed E-state index contributed by atoms with van der Waals surface area (Å²) in [5.74, 6) is 2.11. The highest BCUT2D eigenvalue weighted by Gasteiger charge is 2.34. The first kappa shape index (κ1) is 23.9. The summed E-state index contributed by atoms with van der Waals surface area (Å²) in [6.45, 7) is 1.96. The van der Waals surface area contributed by atoms with Gasteiger partial charge in [-0.25, -0.2) is 4.98 Å². The molecule has 1 aromatic heterocycles. The number of amides is 1. The van der Waals surface area contributed by atoms with Gasteiger partial charge in [-0.15, -0.1) is 0 Å². The zero-order chi connectivity index (χ0) is 24.5. The highest BCUT2D eigenvalue weighted by Crippen LogP contribution is 2.38. The lowest BCUT2D eigenvalue weighted by Gasteiger charge is -2.32. The van der Waals surface area contributed by atoms with Gasteiger partial charge in [0.15, 0.2) is 5.78 Å².